The third-order valence-electron chi connectivity index (χ3n) is 6.32. The van der Waals surface area contributed by atoms with E-state index in [9.17, 15) is 37.1 Å². The molecule has 190 valence electrons. The van der Waals surface area contributed by atoms with Crippen LogP contribution in [-0.2, 0) is 28.7 Å². The Bertz CT molecular complexity index is 879. The molecule has 0 radical (unpaired) electrons. The first-order chi connectivity index (χ1) is 15.6. The van der Waals surface area contributed by atoms with Gasteiger partial charge in [0, 0.05) is 24.5 Å². The van der Waals surface area contributed by atoms with Gasteiger partial charge in [0.05, 0.1) is 6.04 Å². The normalized spacial score (nSPS) is 27.0. The number of carbonyl (C=O) groups is 5. The van der Waals surface area contributed by atoms with Crippen LogP contribution < -0.4 is 16.0 Å². The molecule has 4 fully saturated rings. The van der Waals surface area contributed by atoms with Gasteiger partial charge < -0.3 is 20.9 Å². The van der Waals surface area contributed by atoms with E-state index in [1.807, 2.05) is 0 Å². The Hall–Kier alpha value is -2.70. The van der Waals surface area contributed by atoms with Crippen molar-refractivity contribution in [1.82, 2.24) is 20.9 Å². The molecule has 3 aliphatic heterocycles. The van der Waals surface area contributed by atoms with Crippen LogP contribution in [0.4, 0.5) is 13.2 Å². The van der Waals surface area contributed by atoms with E-state index in [0.717, 1.165) is 0 Å². The maximum Gasteiger partial charge on any atom is 0.522 e. The second-order valence-corrected chi connectivity index (χ2v) is 10.2. The molecule has 1 aliphatic carbocycles. The van der Waals surface area contributed by atoms with E-state index < -0.39 is 59.5 Å². The second kappa shape index (κ2) is 9.16. The zero-order valence-corrected chi connectivity index (χ0v) is 19.2. The number of hydrogen-bond acceptors (Lipinski definition) is 6. The molecule has 2 bridgehead atoms. The third kappa shape index (κ3) is 5.68. The summed E-state index contributed by atoms with van der Waals surface area (Å²) in [6.07, 6.45) is -4.32. The smallest absolute Gasteiger partial charge is 0.356 e. The Kier molecular flexibility index (Phi) is 6.98. The van der Waals surface area contributed by atoms with Crippen LogP contribution in [0, 0.1) is 11.8 Å². The first-order valence-corrected chi connectivity index (χ1v) is 11.1. The fourth-order valence-electron chi connectivity index (χ4n) is 4.75. The molecule has 13 heteroatoms. The Morgan fingerprint density at radius 2 is 1.85 bits per heavy atom. The van der Waals surface area contributed by atoms with Crippen LogP contribution in [0.3, 0.4) is 0 Å². The number of alkyl halides is 3. The summed E-state index contributed by atoms with van der Waals surface area (Å²) in [5.41, 5.74) is -2.04. The molecule has 2 atom stereocenters. The number of nitrogens with one attached hydrogen (secondary N) is 3. The zero-order valence-electron chi connectivity index (χ0n) is 19.2. The predicted molar refractivity (Wildman–Crippen MR) is 110 cm³/mol. The molecule has 4 aliphatic rings. The maximum atomic E-state index is 13.2. The van der Waals surface area contributed by atoms with Crippen molar-refractivity contribution in [2.75, 3.05) is 19.7 Å². The van der Waals surface area contributed by atoms with Gasteiger partial charge in [-0.15, -0.1) is 13.2 Å². The molecule has 0 unspecified atom stereocenters. The molecular formula is C21H29F3N4O6. The monoisotopic (exact) mass is 490 g/mol. The van der Waals surface area contributed by atoms with E-state index in [4.69, 9.17) is 0 Å². The lowest BCUT2D eigenvalue weighted by molar-refractivity contribution is -0.321. The number of Topliss-reactive ketones (excluding diaryl/α,β-unsaturated/α-hetero) is 1. The van der Waals surface area contributed by atoms with E-state index >= 15 is 0 Å². The Morgan fingerprint density at radius 1 is 1.21 bits per heavy atom. The number of carbonyl (C=O) groups excluding carboxylic acids is 5. The fraction of sp³-hybridized carbons (Fsp3) is 0.762. The van der Waals surface area contributed by atoms with Gasteiger partial charge >= 0.3 is 18.2 Å². The van der Waals surface area contributed by atoms with Crippen LogP contribution in [0.5, 0.6) is 0 Å². The summed E-state index contributed by atoms with van der Waals surface area (Å²) < 4.78 is 41.0. The molecule has 10 nitrogen and oxygen atoms in total. The summed E-state index contributed by atoms with van der Waals surface area (Å²) in [7, 11) is 0. The van der Waals surface area contributed by atoms with Crippen molar-refractivity contribution in [3.05, 3.63) is 0 Å². The predicted octanol–water partition coefficient (Wildman–Crippen LogP) is 0.00860. The van der Waals surface area contributed by atoms with Gasteiger partial charge in [0.1, 0.15) is 12.1 Å². The lowest BCUT2D eigenvalue weighted by Crippen LogP contribution is -2.63. The summed E-state index contributed by atoms with van der Waals surface area (Å²) in [6, 6.07) is -1.42. The summed E-state index contributed by atoms with van der Waals surface area (Å²) >= 11 is 0. The SMILES string of the molecule is CC(C)(C)NC(=O)C(=O)N1C[C@H]2C[C@]1(C(=O)N[C@@H](C[C@@H]1CCNC1=O)C(=O)COC(F)(F)F)C2. The highest BCUT2D eigenvalue weighted by atomic mass is 19.4. The molecule has 4 amide bonds. The number of hydrogen-bond donors (Lipinski definition) is 3. The maximum absolute atomic E-state index is 13.2. The Morgan fingerprint density at radius 3 is 2.38 bits per heavy atom. The standard InChI is InChI=1S/C21H29F3N4O6/c1-19(2,3)27-16(31)17(32)28-9-11-7-20(28,8-11)18(33)26-13(6-12-4-5-25-15(12)30)14(29)10-34-21(22,23)24/h11-13H,4-10H2,1-3H3,(H,25,30)(H,26,33)(H,27,31)/t11-,12-,13-,20+/m0/s1. The molecule has 0 aromatic heterocycles. The van der Waals surface area contributed by atoms with Crippen molar-refractivity contribution in [3.63, 3.8) is 0 Å². The molecule has 3 saturated heterocycles. The fourth-order valence-corrected chi connectivity index (χ4v) is 4.75. The zero-order chi connectivity index (χ0) is 25.5. The van der Waals surface area contributed by atoms with Crippen molar-refractivity contribution in [2.45, 2.75) is 69.9 Å². The highest BCUT2D eigenvalue weighted by molar-refractivity contribution is 6.36. The number of halogens is 3. The average Bonchev–Trinajstić information content (AvgIpc) is 3.36. The van der Waals surface area contributed by atoms with E-state index in [1.165, 1.54) is 4.90 Å². The van der Waals surface area contributed by atoms with Crippen LogP contribution in [0.15, 0.2) is 0 Å². The van der Waals surface area contributed by atoms with Crippen molar-refractivity contribution < 1.29 is 41.9 Å². The minimum absolute atomic E-state index is 0.000427. The number of rotatable bonds is 7. The Labute approximate surface area is 194 Å². The van der Waals surface area contributed by atoms with Gasteiger partial charge in [-0.1, -0.05) is 0 Å². The van der Waals surface area contributed by atoms with Crippen LogP contribution in [-0.4, -0.2) is 77.5 Å². The van der Waals surface area contributed by atoms with Crippen LogP contribution in [0.25, 0.3) is 0 Å². The summed E-state index contributed by atoms with van der Waals surface area (Å²) in [5, 5.41) is 7.58. The minimum Gasteiger partial charge on any atom is -0.356 e. The first kappa shape index (κ1) is 25.9. The molecule has 3 N–H and O–H groups in total. The van der Waals surface area contributed by atoms with Gasteiger partial charge in [0.25, 0.3) is 0 Å². The topological polar surface area (TPSA) is 134 Å². The van der Waals surface area contributed by atoms with Crippen LogP contribution >= 0.6 is 0 Å². The minimum atomic E-state index is -5.04. The number of fused-ring (bicyclic) bond motifs is 1. The molecule has 4 rings (SSSR count). The number of ether oxygens (including phenoxy) is 1. The molecule has 34 heavy (non-hydrogen) atoms. The van der Waals surface area contributed by atoms with Crippen molar-refractivity contribution >= 4 is 29.4 Å². The average molecular weight is 490 g/mol. The number of amides is 4. The van der Waals surface area contributed by atoms with Gasteiger partial charge in [-0.25, -0.2) is 0 Å². The molecule has 3 heterocycles. The lowest BCUT2D eigenvalue weighted by Gasteiger charge is -2.41. The summed E-state index contributed by atoms with van der Waals surface area (Å²) in [4.78, 5) is 64.1. The number of ketones is 1. The van der Waals surface area contributed by atoms with Gasteiger partial charge in [-0.2, -0.15) is 0 Å². The highest BCUT2D eigenvalue weighted by Gasteiger charge is 2.63. The van der Waals surface area contributed by atoms with E-state index in [-0.39, 0.29) is 37.6 Å². The lowest BCUT2D eigenvalue weighted by atomic mass is 9.72. The van der Waals surface area contributed by atoms with Gasteiger partial charge in [-0.3, -0.25) is 28.7 Å². The molecule has 0 spiro atoms. The number of nitrogens with zero attached hydrogens (tertiary/aromatic N) is 1. The van der Waals surface area contributed by atoms with Gasteiger partial charge in [0.15, 0.2) is 5.78 Å². The molecule has 1 saturated carbocycles. The van der Waals surface area contributed by atoms with E-state index in [0.29, 0.717) is 13.0 Å². The Balaban J connectivity index is 1.74. The van der Waals surface area contributed by atoms with Gasteiger partial charge in [-0.05, 0) is 52.4 Å². The highest BCUT2D eigenvalue weighted by Crippen LogP contribution is 2.50. The van der Waals surface area contributed by atoms with Crippen molar-refractivity contribution in [3.8, 4) is 0 Å². The van der Waals surface area contributed by atoms with Gasteiger partial charge in [0.2, 0.25) is 11.8 Å². The second-order valence-electron chi connectivity index (χ2n) is 10.2. The van der Waals surface area contributed by atoms with E-state index in [1.54, 1.807) is 20.8 Å². The van der Waals surface area contributed by atoms with E-state index in [2.05, 4.69) is 20.7 Å². The van der Waals surface area contributed by atoms with Crippen molar-refractivity contribution in [1.29, 1.82) is 0 Å². The summed E-state index contributed by atoms with van der Waals surface area (Å²) in [5.74, 6) is -4.56. The first-order valence-electron chi connectivity index (χ1n) is 11.1. The largest absolute Gasteiger partial charge is 0.522 e. The molecule has 0 aromatic rings. The third-order valence-corrected chi connectivity index (χ3v) is 6.32. The van der Waals surface area contributed by atoms with Crippen LogP contribution in [0.2, 0.25) is 0 Å². The quantitative estimate of drug-likeness (QED) is 0.431. The van der Waals surface area contributed by atoms with Crippen LogP contribution in [0.1, 0.15) is 46.5 Å². The summed E-state index contributed by atoms with van der Waals surface area (Å²) in [6.45, 7) is 4.31. The molecular weight excluding hydrogens is 461 g/mol. The molecule has 0 aromatic carbocycles. The van der Waals surface area contributed by atoms with Crippen molar-refractivity contribution in [2.24, 2.45) is 11.8 Å².